The molecule has 2 N–H and O–H groups in total. The second kappa shape index (κ2) is 6.12. The lowest BCUT2D eigenvalue weighted by atomic mass is 10.1. The van der Waals surface area contributed by atoms with E-state index in [-0.39, 0.29) is 5.91 Å². The summed E-state index contributed by atoms with van der Waals surface area (Å²) in [6.07, 6.45) is 6.28. The molecule has 1 rings (SSSR count). The van der Waals surface area contributed by atoms with Crippen LogP contribution in [0.25, 0.3) is 0 Å². The Labute approximate surface area is 83.7 Å². The zero-order valence-electron chi connectivity index (χ0n) is 8.20. The molecule has 0 aromatic rings. The van der Waals surface area contributed by atoms with Crippen LogP contribution in [-0.4, -0.2) is 30.4 Å². The molecule has 0 atom stereocenters. The SMILES string of the molecule is N=N/C=C\NCC(=O)N1CCCCC1. The lowest BCUT2D eigenvalue weighted by Gasteiger charge is -2.26. The van der Waals surface area contributed by atoms with E-state index in [4.69, 9.17) is 5.53 Å². The van der Waals surface area contributed by atoms with Gasteiger partial charge in [0, 0.05) is 19.3 Å². The maximum absolute atomic E-state index is 11.5. The predicted octanol–water partition coefficient (Wildman–Crippen LogP) is 1.09. The molecule has 1 amide bonds. The van der Waals surface area contributed by atoms with Crippen LogP contribution in [0.4, 0.5) is 0 Å². The minimum Gasteiger partial charge on any atom is -0.381 e. The number of carbonyl (C=O) groups excluding carboxylic acids is 1. The van der Waals surface area contributed by atoms with Gasteiger partial charge >= 0.3 is 0 Å². The average Bonchev–Trinajstić information content (AvgIpc) is 2.25. The Kier molecular flexibility index (Phi) is 4.68. The van der Waals surface area contributed by atoms with Crippen molar-refractivity contribution in [2.45, 2.75) is 19.3 Å². The van der Waals surface area contributed by atoms with Gasteiger partial charge in [-0.3, -0.25) is 4.79 Å². The first kappa shape index (κ1) is 10.7. The van der Waals surface area contributed by atoms with Crippen LogP contribution in [0.2, 0.25) is 0 Å². The summed E-state index contributed by atoms with van der Waals surface area (Å²) in [5.41, 5.74) is 6.49. The van der Waals surface area contributed by atoms with Crippen molar-refractivity contribution < 1.29 is 4.79 Å². The second-order valence-corrected chi connectivity index (χ2v) is 3.27. The van der Waals surface area contributed by atoms with Crippen molar-refractivity contribution in [2.24, 2.45) is 5.11 Å². The Balaban J connectivity index is 2.19. The van der Waals surface area contributed by atoms with E-state index in [1.165, 1.54) is 18.8 Å². The van der Waals surface area contributed by atoms with Crippen LogP contribution in [0.5, 0.6) is 0 Å². The van der Waals surface area contributed by atoms with Crippen LogP contribution < -0.4 is 5.32 Å². The topological polar surface area (TPSA) is 68.5 Å². The quantitative estimate of drug-likeness (QED) is 0.661. The van der Waals surface area contributed by atoms with E-state index in [1.54, 1.807) is 0 Å². The van der Waals surface area contributed by atoms with Crippen molar-refractivity contribution in [1.29, 1.82) is 5.53 Å². The van der Waals surface area contributed by atoms with Gasteiger partial charge in [0.15, 0.2) is 0 Å². The number of nitrogens with one attached hydrogen (secondary N) is 2. The monoisotopic (exact) mass is 196 g/mol. The summed E-state index contributed by atoms with van der Waals surface area (Å²) < 4.78 is 0. The number of amides is 1. The number of likely N-dealkylation sites (tertiary alicyclic amines) is 1. The molecule has 0 aromatic heterocycles. The Morgan fingerprint density at radius 3 is 2.79 bits per heavy atom. The van der Waals surface area contributed by atoms with E-state index >= 15 is 0 Å². The van der Waals surface area contributed by atoms with Crippen molar-refractivity contribution in [2.75, 3.05) is 19.6 Å². The Bertz CT molecular complexity index is 221. The fourth-order valence-corrected chi connectivity index (χ4v) is 1.49. The normalized spacial score (nSPS) is 17.0. The van der Waals surface area contributed by atoms with E-state index in [9.17, 15) is 4.79 Å². The molecule has 5 nitrogen and oxygen atoms in total. The van der Waals surface area contributed by atoms with Crippen LogP contribution in [-0.2, 0) is 4.79 Å². The Morgan fingerprint density at radius 1 is 1.43 bits per heavy atom. The highest BCUT2D eigenvalue weighted by atomic mass is 16.2. The van der Waals surface area contributed by atoms with Crippen LogP contribution in [0.1, 0.15) is 19.3 Å². The highest BCUT2D eigenvalue weighted by Crippen LogP contribution is 2.07. The fourth-order valence-electron chi connectivity index (χ4n) is 1.49. The zero-order chi connectivity index (χ0) is 10.2. The zero-order valence-corrected chi connectivity index (χ0v) is 8.20. The molecule has 1 saturated heterocycles. The van der Waals surface area contributed by atoms with E-state index < -0.39 is 0 Å². The number of rotatable bonds is 4. The summed E-state index contributed by atoms with van der Waals surface area (Å²) in [5, 5.41) is 5.82. The molecule has 1 fully saturated rings. The van der Waals surface area contributed by atoms with Crippen molar-refractivity contribution in [3.63, 3.8) is 0 Å². The van der Waals surface area contributed by atoms with Gasteiger partial charge in [-0.25, -0.2) is 5.53 Å². The van der Waals surface area contributed by atoms with Gasteiger partial charge in [-0.1, -0.05) is 0 Å². The first-order valence-electron chi connectivity index (χ1n) is 4.87. The summed E-state index contributed by atoms with van der Waals surface area (Å²) in [7, 11) is 0. The molecule has 0 unspecified atom stereocenters. The van der Waals surface area contributed by atoms with Crippen LogP contribution in [0.3, 0.4) is 0 Å². The summed E-state index contributed by atoms with van der Waals surface area (Å²) >= 11 is 0. The number of carbonyl (C=O) groups is 1. The molecular weight excluding hydrogens is 180 g/mol. The Hall–Kier alpha value is -1.39. The maximum Gasteiger partial charge on any atom is 0.241 e. The van der Waals surface area contributed by atoms with E-state index in [1.807, 2.05) is 4.90 Å². The van der Waals surface area contributed by atoms with Gasteiger partial charge in [0.2, 0.25) is 5.91 Å². The Morgan fingerprint density at radius 2 is 2.14 bits per heavy atom. The van der Waals surface area contributed by atoms with Gasteiger partial charge in [-0.05, 0) is 19.3 Å². The van der Waals surface area contributed by atoms with Crippen molar-refractivity contribution in [3.8, 4) is 0 Å². The largest absolute Gasteiger partial charge is 0.381 e. The third-order valence-corrected chi connectivity index (χ3v) is 2.23. The van der Waals surface area contributed by atoms with Gasteiger partial charge in [-0.15, -0.1) is 0 Å². The molecule has 0 bridgehead atoms. The van der Waals surface area contributed by atoms with Crippen LogP contribution in [0.15, 0.2) is 17.5 Å². The molecule has 0 saturated carbocycles. The van der Waals surface area contributed by atoms with Crippen molar-refractivity contribution in [1.82, 2.24) is 10.2 Å². The molecule has 1 aliphatic rings. The first-order valence-corrected chi connectivity index (χ1v) is 4.87. The smallest absolute Gasteiger partial charge is 0.241 e. The maximum atomic E-state index is 11.5. The number of hydrogen-bond donors (Lipinski definition) is 2. The summed E-state index contributed by atoms with van der Waals surface area (Å²) in [6.45, 7) is 2.06. The van der Waals surface area contributed by atoms with E-state index in [2.05, 4.69) is 10.4 Å². The number of piperidine rings is 1. The molecule has 0 aliphatic carbocycles. The number of hydrogen-bond acceptors (Lipinski definition) is 4. The van der Waals surface area contributed by atoms with E-state index in [0.29, 0.717) is 6.54 Å². The minimum absolute atomic E-state index is 0.124. The highest BCUT2D eigenvalue weighted by Gasteiger charge is 2.14. The molecular formula is C9H16N4O. The first-order chi connectivity index (χ1) is 6.84. The average molecular weight is 196 g/mol. The minimum atomic E-state index is 0.124. The molecule has 0 radical (unpaired) electrons. The van der Waals surface area contributed by atoms with Crippen molar-refractivity contribution >= 4 is 5.91 Å². The molecule has 1 aliphatic heterocycles. The standard InChI is InChI=1S/C9H16N4O/c10-12-5-4-11-8-9(14)13-6-2-1-3-7-13/h4-5,10-11H,1-3,6-8H2/b5-4-,12-10?. The molecule has 14 heavy (non-hydrogen) atoms. The molecule has 5 heteroatoms. The van der Waals surface area contributed by atoms with Gasteiger partial charge < -0.3 is 10.2 Å². The van der Waals surface area contributed by atoms with Crippen LogP contribution in [0, 0.1) is 5.53 Å². The summed E-state index contributed by atoms with van der Waals surface area (Å²) in [6, 6.07) is 0. The molecule has 0 spiro atoms. The van der Waals surface area contributed by atoms with Gasteiger partial charge in [0.1, 0.15) is 0 Å². The van der Waals surface area contributed by atoms with Gasteiger partial charge in [0.25, 0.3) is 0 Å². The number of nitrogens with zero attached hydrogens (tertiary/aromatic N) is 2. The third kappa shape index (κ3) is 3.55. The fraction of sp³-hybridized carbons (Fsp3) is 0.667. The predicted molar refractivity (Wildman–Crippen MR) is 52.7 cm³/mol. The van der Waals surface area contributed by atoms with Crippen LogP contribution >= 0.6 is 0 Å². The van der Waals surface area contributed by atoms with Gasteiger partial charge in [-0.2, -0.15) is 5.11 Å². The van der Waals surface area contributed by atoms with Gasteiger partial charge in [0.05, 0.1) is 12.7 Å². The lowest BCUT2D eigenvalue weighted by molar-refractivity contribution is -0.130. The third-order valence-electron chi connectivity index (χ3n) is 2.23. The lowest BCUT2D eigenvalue weighted by Crippen LogP contribution is -2.40. The molecule has 0 aromatic carbocycles. The second-order valence-electron chi connectivity index (χ2n) is 3.27. The highest BCUT2D eigenvalue weighted by molar-refractivity contribution is 5.78. The van der Waals surface area contributed by atoms with Crippen molar-refractivity contribution in [3.05, 3.63) is 12.4 Å². The molecule has 1 heterocycles. The summed E-state index contributed by atoms with van der Waals surface area (Å²) in [4.78, 5) is 13.4. The summed E-state index contributed by atoms with van der Waals surface area (Å²) in [5.74, 6) is 0.124. The van der Waals surface area contributed by atoms with E-state index in [0.717, 1.165) is 25.9 Å². The molecule has 78 valence electrons.